The predicted octanol–water partition coefficient (Wildman–Crippen LogP) is -3.11. The van der Waals surface area contributed by atoms with Gasteiger partial charge in [0.1, 0.15) is 0 Å². The first-order valence-electron chi connectivity index (χ1n) is 5.62. The van der Waals surface area contributed by atoms with Gasteiger partial charge in [-0.15, -0.1) is 6.42 Å². The van der Waals surface area contributed by atoms with Gasteiger partial charge in [-0.1, -0.05) is 20.0 Å². The second-order valence-corrected chi connectivity index (χ2v) is 7.40. The summed E-state index contributed by atoms with van der Waals surface area (Å²) in [4.78, 5) is 0. The normalized spacial score (nSPS) is 14.5. The van der Waals surface area contributed by atoms with Gasteiger partial charge in [0, 0.05) is 12.3 Å². The average molecular weight is 328 g/mol. The molecule has 0 aromatic rings. The molecule has 0 saturated heterocycles. The zero-order valence-electron chi connectivity index (χ0n) is 10.8. The summed E-state index contributed by atoms with van der Waals surface area (Å²) in [5.41, 5.74) is 1.85. The van der Waals surface area contributed by atoms with E-state index in [-0.39, 0.29) is 46.5 Å². The van der Waals surface area contributed by atoms with Crippen LogP contribution in [0.3, 0.4) is 0 Å². The SMILES string of the molecule is CCCOC(CC1=[C-]CC=C1)[SiH](C)C.[Cl-].[Cl-].[Ti+3]. The van der Waals surface area contributed by atoms with Crippen molar-refractivity contribution < 1.29 is 51.3 Å². The van der Waals surface area contributed by atoms with Crippen LogP contribution < -0.4 is 24.8 Å². The van der Waals surface area contributed by atoms with E-state index in [0.717, 1.165) is 25.9 Å². The number of rotatable bonds is 6. The Morgan fingerprint density at radius 2 is 2.06 bits per heavy atom. The Bertz CT molecular complexity index is 233. The summed E-state index contributed by atoms with van der Waals surface area (Å²) in [5.74, 6) is 0. The molecular weight excluding hydrogens is 307 g/mol. The maximum absolute atomic E-state index is 5.88. The minimum atomic E-state index is -0.690. The smallest absolute Gasteiger partial charge is 1.00 e. The van der Waals surface area contributed by atoms with Crippen molar-refractivity contribution in [2.75, 3.05) is 6.61 Å². The van der Waals surface area contributed by atoms with Crippen LogP contribution in [0.4, 0.5) is 0 Å². The first-order valence-corrected chi connectivity index (χ1v) is 8.59. The second-order valence-electron chi connectivity index (χ2n) is 4.17. The van der Waals surface area contributed by atoms with Crippen molar-refractivity contribution in [2.45, 2.75) is 45.0 Å². The van der Waals surface area contributed by atoms with Crippen LogP contribution in [0.2, 0.25) is 13.1 Å². The molecule has 0 amide bonds. The van der Waals surface area contributed by atoms with E-state index in [1.165, 1.54) is 5.57 Å². The summed E-state index contributed by atoms with van der Waals surface area (Å²) >= 11 is 0. The predicted molar refractivity (Wildman–Crippen MR) is 64.0 cm³/mol. The molecule has 97 valence electrons. The third kappa shape index (κ3) is 9.52. The van der Waals surface area contributed by atoms with Gasteiger partial charge in [-0.2, -0.15) is 6.08 Å². The van der Waals surface area contributed by atoms with Crippen LogP contribution >= 0.6 is 0 Å². The van der Waals surface area contributed by atoms with Crippen molar-refractivity contribution in [3.63, 3.8) is 0 Å². The molecule has 1 unspecified atom stereocenters. The summed E-state index contributed by atoms with van der Waals surface area (Å²) in [7, 11) is -0.690. The first kappa shape index (κ1) is 23.1. The van der Waals surface area contributed by atoms with Crippen LogP contribution in [0.5, 0.6) is 0 Å². The molecular formula is C12H21Cl2OSiTi. The molecule has 0 heterocycles. The molecule has 0 aromatic heterocycles. The molecule has 0 saturated carbocycles. The monoisotopic (exact) mass is 327 g/mol. The zero-order valence-corrected chi connectivity index (χ0v) is 15.0. The van der Waals surface area contributed by atoms with Gasteiger partial charge in [0.15, 0.2) is 0 Å². The Balaban J connectivity index is -0.000000653. The van der Waals surface area contributed by atoms with E-state index in [2.05, 4.69) is 38.2 Å². The molecule has 0 aromatic carbocycles. The molecule has 1 rings (SSSR count). The second kappa shape index (κ2) is 13.4. The van der Waals surface area contributed by atoms with Gasteiger partial charge in [0.2, 0.25) is 0 Å². The molecule has 0 fully saturated rings. The van der Waals surface area contributed by atoms with Gasteiger partial charge in [0.25, 0.3) is 0 Å². The molecule has 0 spiro atoms. The average Bonchev–Trinajstić information content (AvgIpc) is 2.64. The van der Waals surface area contributed by atoms with Gasteiger partial charge in [-0.25, -0.2) is 11.6 Å². The van der Waals surface area contributed by atoms with Crippen molar-refractivity contribution >= 4 is 8.80 Å². The topological polar surface area (TPSA) is 9.23 Å². The number of allylic oxidation sites excluding steroid dienone is 3. The summed E-state index contributed by atoms with van der Waals surface area (Å²) < 4.78 is 5.88. The zero-order chi connectivity index (χ0) is 10.4. The van der Waals surface area contributed by atoms with Crippen LogP contribution in [0, 0.1) is 6.08 Å². The fourth-order valence-electron chi connectivity index (χ4n) is 1.56. The van der Waals surface area contributed by atoms with Crippen molar-refractivity contribution in [1.29, 1.82) is 0 Å². The molecule has 0 N–H and O–H groups in total. The van der Waals surface area contributed by atoms with Crippen LogP contribution in [0.1, 0.15) is 26.2 Å². The summed E-state index contributed by atoms with van der Waals surface area (Å²) in [6.07, 6.45) is 10.9. The Kier molecular flexibility index (Phi) is 18.2. The molecule has 1 atom stereocenters. The Morgan fingerprint density at radius 1 is 1.41 bits per heavy atom. The first-order chi connectivity index (χ1) is 6.74. The van der Waals surface area contributed by atoms with Crippen LogP contribution in [-0.2, 0) is 26.5 Å². The van der Waals surface area contributed by atoms with Gasteiger partial charge >= 0.3 is 21.7 Å². The third-order valence-corrected chi connectivity index (χ3v) is 4.38. The largest absolute Gasteiger partial charge is 3.00 e. The van der Waals surface area contributed by atoms with Crippen LogP contribution in [0.25, 0.3) is 0 Å². The molecule has 0 bridgehead atoms. The Morgan fingerprint density at radius 3 is 2.47 bits per heavy atom. The molecule has 1 aliphatic carbocycles. The van der Waals surface area contributed by atoms with E-state index in [0.29, 0.717) is 5.73 Å². The van der Waals surface area contributed by atoms with E-state index in [1.54, 1.807) is 0 Å². The standard InChI is InChI=1S/C12H21OSi.2ClH.Ti/c1-4-9-13-12(14(2)3)10-11-7-5-6-8-11;;;/h5,7,12,14H,4,6,9-10H2,1-3H3;2*1H;/q-1;;;+3/p-2. The minimum Gasteiger partial charge on any atom is -1.00 e. The van der Waals surface area contributed by atoms with E-state index in [1.807, 2.05) is 0 Å². The Labute approximate surface area is 135 Å². The molecule has 17 heavy (non-hydrogen) atoms. The maximum atomic E-state index is 5.88. The number of hydrogen-bond donors (Lipinski definition) is 0. The van der Waals surface area contributed by atoms with Gasteiger partial charge in [-0.3, -0.25) is 6.08 Å². The molecule has 1 aliphatic rings. The van der Waals surface area contributed by atoms with Gasteiger partial charge < -0.3 is 29.6 Å². The van der Waals surface area contributed by atoms with Crippen LogP contribution in [0.15, 0.2) is 17.7 Å². The molecule has 5 heteroatoms. The number of halogens is 2. The Hall–Kier alpha value is 0.951. The number of hydrogen-bond acceptors (Lipinski definition) is 1. The molecule has 0 aliphatic heterocycles. The van der Waals surface area contributed by atoms with E-state index < -0.39 is 8.80 Å². The minimum absolute atomic E-state index is 0. The quantitative estimate of drug-likeness (QED) is 0.371. The summed E-state index contributed by atoms with van der Waals surface area (Å²) in [5, 5.41) is 0. The van der Waals surface area contributed by atoms with E-state index in [4.69, 9.17) is 4.74 Å². The summed E-state index contributed by atoms with van der Waals surface area (Å²) in [6.45, 7) is 7.80. The fraction of sp³-hybridized carbons (Fsp3) is 0.667. The summed E-state index contributed by atoms with van der Waals surface area (Å²) in [6, 6.07) is 0. The maximum Gasteiger partial charge on any atom is 3.00 e. The van der Waals surface area contributed by atoms with Crippen LogP contribution in [-0.4, -0.2) is 21.1 Å². The number of ether oxygens (including phenoxy) is 1. The van der Waals surface area contributed by atoms with Crippen molar-refractivity contribution in [3.05, 3.63) is 23.8 Å². The van der Waals surface area contributed by atoms with Gasteiger partial charge in [0.05, 0.1) is 8.80 Å². The van der Waals surface area contributed by atoms with Crippen molar-refractivity contribution in [1.82, 2.24) is 0 Å². The molecule has 1 radical (unpaired) electrons. The third-order valence-electron chi connectivity index (χ3n) is 2.47. The van der Waals surface area contributed by atoms with E-state index >= 15 is 0 Å². The molecule has 1 nitrogen and oxygen atoms in total. The van der Waals surface area contributed by atoms with E-state index in [9.17, 15) is 0 Å². The fourth-order valence-corrected chi connectivity index (χ4v) is 2.81. The van der Waals surface area contributed by atoms with Gasteiger partial charge in [-0.05, 0) is 12.8 Å². The van der Waals surface area contributed by atoms with Crippen molar-refractivity contribution in [2.24, 2.45) is 0 Å². The van der Waals surface area contributed by atoms with Crippen molar-refractivity contribution in [3.8, 4) is 0 Å².